The second kappa shape index (κ2) is 9.02. The molecule has 0 saturated heterocycles. The number of ether oxygens (including phenoxy) is 1. The number of hydrogen-bond donors (Lipinski definition) is 1. The predicted octanol–water partition coefficient (Wildman–Crippen LogP) is 5.11. The van der Waals surface area contributed by atoms with Crippen molar-refractivity contribution >= 4 is 22.5 Å². The molecule has 0 bridgehead atoms. The average Bonchev–Trinajstić information content (AvgIpc) is 3.17. The van der Waals surface area contributed by atoms with Crippen LogP contribution in [0.15, 0.2) is 59.7 Å². The number of carbonyl (C=O) groups excluding carboxylic acids is 1. The third-order valence-corrected chi connectivity index (χ3v) is 5.28. The maximum absolute atomic E-state index is 13.7. The van der Waals surface area contributed by atoms with Gasteiger partial charge in [0.05, 0.1) is 22.9 Å². The van der Waals surface area contributed by atoms with Crippen molar-refractivity contribution in [3.63, 3.8) is 0 Å². The van der Waals surface area contributed by atoms with Gasteiger partial charge in [0.15, 0.2) is 0 Å². The first-order valence-corrected chi connectivity index (χ1v) is 10.5. The smallest absolute Gasteiger partial charge is 0.287 e. The fourth-order valence-corrected chi connectivity index (χ4v) is 3.72. The van der Waals surface area contributed by atoms with Gasteiger partial charge in [0.1, 0.15) is 11.5 Å². The van der Waals surface area contributed by atoms with Crippen LogP contribution in [0.25, 0.3) is 22.2 Å². The van der Waals surface area contributed by atoms with Crippen molar-refractivity contribution in [1.82, 2.24) is 9.99 Å². The summed E-state index contributed by atoms with van der Waals surface area (Å²) in [6.45, 7) is 3.73. The second-order valence-corrected chi connectivity index (χ2v) is 8.13. The molecule has 4 rings (SSSR count). The van der Waals surface area contributed by atoms with Crippen LogP contribution >= 0.6 is 0 Å². The molecule has 1 amide bonds. The minimum absolute atomic E-state index is 0.0585. The fraction of sp³-hybridized carbons (Fsp3) is 0.292. The minimum atomic E-state index is -3.52. The van der Waals surface area contributed by atoms with E-state index in [2.05, 4.69) is 10.1 Å². The lowest BCUT2D eigenvalue weighted by Crippen LogP contribution is -2.51. The first kappa shape index (κ1) is 23.6. The molecule has 34 heavy (non-hydrogen) atoms. The highest BCUT2D eigenvalue weighted by Crippen LogP contribution is 2.36. The Labute approximate surface area is 192 Å². The molecule has 0 radical (unpaired) electrons. The highest BCUT2D eigenvalue weighted by atomic mass is 19.3. The summed E-state index contributed by atoms with van der Waals surface area (Å²) in [5.74, 6) is -0.582. The van der Waals surface area contributed by atoms with E-state index in [1.807, 2.05) is 13.8 Å². The number of benzene rings is 2. The van der Waals surface area contributed by atoms with Crippen LogP contribution in [0.5, 0.6) is 5.75 Å². The normalized spacial score (nSPS) is 18.3. The van der Waals surface area contributed by atoms with Gasteiger partial charge in [-0.1, -0.05) is 30.3 Å². The molecule has 10 heteroatoms. The van der Waals surface area contributed by atoms with Crippen LogP contribution in [-0.2, 0) is 0 Å². The van der Waals surface area contributed by atoms with Gasteiger partial charge in [-0.25, -0.2) is 22.5 Å². The van der Waals surface area contributed by atoms with Gasteiger partial charge in [0.25, 0.3) is 18.8 Å². The predicted molar refractivity (Wildman–Crippen MR) is 118 cm³/mol. The summed E-state index contributed by atoms with van der Waals surface area (Å²) in [6.07, 6.45) is -7.95. The molecule has 1 aromatic heterocycles. The van der Waals surface area contributed by atoms with Crippen molar-refractivity contribution in [2.45, 2.75) is 44.9 Å². The maximum Gasteiger partial charge on any atom is 0.287 e. The number of nitrogens with zero attached hydrogens (tertiary/aromatic N) is 3. The molecule has 1 aliphatic heterocycles. The summed E-state index contributed by atoms with van der Waals surface area (Å²) < 4.78 is 59.5. The molecule has 178 valence electrons. The molecule has 6 nitrogen and oxygen atoms in total. The molecule has 0 aliphatic carbocycles. The molecular formula is C24H21F4N3O3. The largest absolute Gasteiger partial charge is 0.491 e. The zero-order valence-corrected chi connectivity index (χ0v) is 18.3. The van der Waals surface area contributed by atoms with Gasteiger partial charge in [0.2, 0.25) is 5.72 Å². The molecule has 0 unspecified atom stereocenters. The molecule has 1 aliphatic rings. The zero-order valence-electron chi connectivity index (χ0n) is 18.3. The number of pyridine rings is 1. The molecular weight excluding hydrogens is 454 g/mol. The Kier molecular flexibility index (Phi) is 6.26. The van der Waals surface area contributed by atoms with Gasteiger partial charge >= 0.3 is 0 Å². The lowest BCUT2D eigenvalue weighted by molar-refractivity contribution is -0.164. The lowest BCUT2D eigenvalue weighted by Gasteiger charge is -2.30. The Bertz CT molecular complexity index is 1270. The summed E-state index contributed by atoms with van der Waals surface area (Å²) in [5, 5.41) is 14.2. The Morgan fingerprint density at radius 1 is 1.09 bits per heavy atom. The number of aliphatic hydroxyl groups is 1. The van der Waals surface area contributed by atoms with E-state index in [9.17, 15) is 27.5 Å². The van der Waals surface area contributed by atoms with Crippen molar-refractivity contribution in [2.75, 3.05) is 0 Å². The van der Waals surface area contributed by atoms with Crippen molar-refractivity contribution in [3.05, 3.63) is 60.2 Å². The highest BCUT2D eigenvalue weighted by Gasteiger charge is 2.53. The molecule has 0 fully saturated rings. The number of amides is 1. The maximum atomic E-state index is 13.7. The number of fused-ring (bicyclic) bond motifs is 1. The van der Waals surface area contributed by atoms with Crippen LogP contribution in [-0.4, -0.2) is 51.4 Å². The SMILES string of the molecule is CC(C)Oc1cccc(-c2cc(C(=O)N3N=C(C(F)F)C[C@@]3(O)C(F)F)c3ccccc3n2)c1. The average molecular weight is 475 g/mol. The van der Waals surface area contributed by atoms with E-state index in [-0.39, 0.29) is 16.7 Å². The number of alkyl halides is 4. The molecule has 3 aromatic rings. The van der Waals surface area contributed by atoms with Crippen molar-refractivity contribution in [2.24, 2.45) is 5.10 Å². The molecule has 1 N–H and O–H groups in total. The fourth-order valence-electron chi connectivity index (χ4n) is 3.72. The topological polar surface area (TPSA) is 75.0 Å². The summed E-state index contributed by atoms with van der Waals surface area (Å²) in [4.78, 5) is 17.9. The summed E-state index contributed by atoms with van der Waals surface area (Å²) >= 11 is 0. The summed E-state index contributed by atoms with van der Waals surface area (Å²) in [7, 11) is 0. The minimum Gasteiger partial charge on any atom is -0.491 e. The number of para-hydroxylation sites is 1. The van der Waals surface area contributed by atoms with E-state index in [0.717, 1.165) is 0 Å². The third-order valence-electron chi connectivity index (χ3n) is 5.28. The monoisotopic (exact) mass is 475 g/mol. The Morgan fingerprint density at radius 2 is 1.82 bits per heavy atom. The molecule has 0 spiro atoms. The van der Waals surface area contributed by atoms with Crippen molar-refractivity contribution < 1.29 is 32.2 Å². The Hall–Kier alpha value is -3.53. The van der Waals surface area contributed by atoms with Gasteiger partial charge in [0, 0.05) is 17.4 Å². The van der Waals surface area contributed by atoms with Crippen LogP contribution in [0.3, 0.4) is 0 Å². The van der Waals surface area contributed by atoms with Crippen LogP contribution < -0.4 is 4.74 Å². The number of halogens is 4. The van der Waals surface area contributed by atoms with E-state index < -0.39 is 36.6 Å². The first-order chi connectivity index (χ1) is 16.1. The Morgan fingerprint density at radius 3 is 2.50 bits per heavy atom. The van der Waals surface area contributed by atoms with E-state index in [4.69, 9.17) is 4.74 Å². The number of hydrogen-bond acceptors (Lipinski definition) is 5. The van der Waals surface area contributed by atoms with Crippen molar-refractivity contribution in [3.8, 4) is 17.0 Å². The van der Waals surface area contributed by atoms with E-state index >= 15 is 0 Å². The van der Waals surface area contributed by atoms with E-state index in [0.29, 0.717) is 27.9 Å². The number of hydrazone groups is 1. The zero-order chi connectivity index (χ0) is 24.6. The number of aromatic nitrogens is 1. The van der Waals surface area contributed by atoms with E-state index in [1.54, 1.807) is 48.5 Å². The van der Waals surface area contributed by atoms with Crippen LogP contribution in [0.4, 0.5) is 17.6 Å². The van der Waals surface area contributed by atoms with Crippen LogP contribution in [0, 0.1) is 0 Å². The van der Waals surface area contributed by atoms with Crippen LogP contribution in [0.1, 0.15) is 30.6 Å². The summed E-state index contributed by atoms with van der Waals surface area (Å²) in [6, 6.07) is 14.8. The number of rotatable bonds is 6. The molecule has 0 saturated carbocycles. The second-order valence-electron chi connectivity index (χ2n) is 8.13. The number of carbonyl (C=O) groups is 1. The lowest BCUT2D eigenvalue weighted by atomic mass is 10.0. The van der Waals surface area contributed by atoms with E-state index in [1.165, 1.54) is 6.07 Å². The first-order valence-electron chi connectivity index (χ1n) is 10.5. The van der Waals surface area contributed by atoms with Gasteiger partial charge in [-0.2, -0.15) is 10.1 Å². The third kappa shape index (κ3) is 4.33. The van der Waals surface area contributed by atoms with Gasteiger partial charge in [-0.15, -0.1) is 0 Å². The van der Waals surface area contributed by atoms with Crippen molar-refractivity contribution in [1.29, 1.82) is 0 Å². The molecule has 1 atom stereocenters. The van der Waals surface area contributed by atoms with Gasteiger partial charge < -0.3 is 9.84 Å². The quantitative estimate of drug-likeness (QED) is 0.503. The van der Waals surface area contributed by atoms with Crippen LogP contribution in [0.2, 0.25) is 0 Å². The standard InChI is InChI=1S/C24H21F4N3O3/c1-13(2)34-15-7-5-6-14(10-15)19-11-17(16-8-3-4-9-18(16)29-19)22(32)31-24(33,23(27)28)12-20(30-31)21(25)26/h3-11,13,21,23,33H,12H2,1-2H3/t24-/m1/s1. The summed E-state index contributed by atoms with van der Waals surface area (Å²) in [5.41, 5.74) is -3.01. The molecule has 2 heterocycles. The molecule has 2 aromatic carbocycles. The van der Waals surface area contributed by atoms with Gasteiger partial charge in [-0.05, 0) is 38.1 Å². The Balaban J connectivity index is 1.85. The van der Waals surface area contributed by atoms with Gasteiger partial charge in [-0.3, -0.25) is 4.79 Å². The highest BCUT2D eigenvalue weighted by molar-refractivity contribution is 6.08.